The van der Waals surface area contributed by atoms with E-state index < -0.39 is 17.5 Å². The van der Waals surface area contributed by atoms with Gasteiger partial charge in [-0.05, 0) is 30.5 Å². The van der Waals surface area contributed by atoms with Crippen LogP contribution >= 0.6 is 11.6 Å². The van der Waals surface area contributed by atoms with Crippen molar-refractivity contribution in [1.29, 1.82) is 0 Å². The number of carboxylic acid groups (broad SMARTS) is 1. The number of hydrogen-bond acceptors (Lipinski definition) is 4. The van der Waals surface area contributed by atoms with Crippen LogP contribution < -0.4 is 4.74 Å². The number of hydrogen-bond donors (Lipinski definition) is 1. The summed E-state index contributed by atoms with van der Waals surface area (Å²) in [4.78, 5) is 26.7. The highest BCUT2D eigenvalue weighted by Gasteiger charge is 2.55. The topological polar surface area (TPSA) is 76.1 Å². The lowest BCUT2D eigenvalue weighted by atomic mass is 9.74. The minimum Gasteiger partial charge on any atom is -0.481 e. The molecule has 1 N–H and O–H groups in total. The highest BCUT2D eigenvalue weighted by molar-refractivity contribution is 6.30. The van der Waals surface area contributed by atoms with E-state index >= 15 is 0 Å². The van der Waals surface area contributed by atoms with E-state index in [-0.39, 0.29) is 24.3 Å². The first-order valence-corrected chi connectivity index (χ1v) is 9.23. The number of ether oxygens (including phenoxy) is 2. The Morgan fingerprint density at radius 3 is 2.81 bits per heavy atom. The molecular weight excluding hydrogens is 358 g/mol. The molecule has 3 atom stereocenters. The van der Waals surface area contributed by atoms with Crippen LogP contribution in [0.1, 0.15) is 20.3 Å². The Morgan fingerprint density at radius 2 is 2.19 bits per heavy atom. The highest BCUT2D eigenvalue weighted by atomic mass is 35.5. The largest absolute Gasteiger partial charge is 0.481 e. The normalized spacial score (nSPS) is 26.5. The molecule has 2 fully saturated rings. The molecule has 2 aliphatic heterocycles. The Bertz CT molecular complexity index is 694. The fourth-order valence-electron chi connectivity index (χ4n) is 3.81. The standard InChI is InChI=1S/C19H24ClNO5/c1-12(2)16(26-15-5-3-4-14(20)8-15)17(22)21-9-13-10-25-7-6-19(13,11-21)18(23)24/h3-5,8,12-13,16H,6-7,9-11H2,1-2H3,(H,23,24)/t13-,16?,19+/m0/s1. The molecule has 0 aromatic heterocycles. The summed E-state index contributed by atoms with van der Waals surface area (Å²) >= 11 is 6.00. The predicted octanol–water partition coefficient (Wildman–Crippen LogP) is 2.69. The van der Waals surface area contributed by atoms with Crippen molar-refractivity contribution in [2.24, 2.45) is 17.3 Å². The summed E-state index contributed by atoms with van der Waals surface area (Å²) in [6.07, 6.45) is -0.265. The number of halogens is 1. The number of carbonyl (C=O) groups excluding carboxylic acids is 1. The average molecular weight is 382 g/mol. The maximum Gasteiger partial charge on any atom is 0.311 e. The van der Waals surface area contributed by atoms with Crippen LogP contribution in [0, 0.1) is 17.3 Å². The Kier molecular flexibility index (Phi) is 5.44. The van der Waals surface area contributed by atoms with Crippen molar-refractivity contribution in [3.8, 4) is 5.75 Å². The molecule has 0 aliphatic carbocycles. The molecule has 0 spiro atoms. The van der Waals surface area contributed by atoms with Gasteiger partial charge < -0.3 is 19.5 Å². The van der Waals surface area contributed by atoms with Crippen LogP contribution in [0.15, 0.2) is 24.3 Å². The summed E-state index contributed by atoms with van der Waals surface area (Å²) in [7, 11) is 0. The van der Waals surface area contributed by atoms with E-state index in [0.717, 1.165) is 0 Å². The van der Waals surface area contributed by atoms with Crippen LogP contribution in [0.3, 0.4) is 0 Å². The molecule has 0 bridgehead atoms. The first-order valence-electron chi connectivity index (χ1n) is 8.85. The molecule has 142 valence electrons. The molecule has 1 aromatic carbocycles. The van der Waals surface area contributed by atoms with Gasteiger partial charge in [0.2, 0.25) is 0 Å². The van der Waals surface area contributed by atoms with Gasteiger partial charge in [0.05, 0.1) is 12.0 Å². The van der Waals surface area contributed by atoms with Crippen LogP contribution in [-0.4, -0.2) is 54.3 Å². The highest BCUT2D eigenvalue weighted by Crippen LogP contribution is 2.43. The second-order valence-electron chi connectivity index (χ2n) is 7.44. The van der Waals surface area contributed by atoms with E-state index in [1.54, 1.807) is 29.2 Å². The number of rotatable bonds is 5. The molecule has 0 radical (unpaired) electrons. The Morgan fingerprint density at radius 1 is 1.42 bits per heavy atom. The van der Waals surface area contributed by atoms with Crippen molar-refractivity contribution >= 4 is 23.5 Å². The van der Waals surface area contributed by atoms with Crippen molar-refractivity contribution < 1.29 is 24.2 Å². The zero-order valence-electron chi connectivity index (χ0n) is 15.0. The number of benzene rings is 1. The molecule has 0 saturated carbocycles. The van der Waals surface area contributed by atoms with Gasteiger partial charge in [-0.3, -0.25) is 9.59 Å². The molecule has 1 unspecified atom stereocenters. The molecular formula is C19H24ClNO5. The SMILES string of the molecule is CC(C)C(Oc1cccc(Cl)c1)C(=O)N1C[C@H]2COCC[C@@]2(C(=O)O)C1. The van der Waals surface area contributed by atoms with Gasteiger partial charge in [0, 0.05) is 30.6 Å². The number of aliphatic carboxylic acids is 1. The Hall–Kier alpha value is -1.79. The fraction of sp³-hybridized carbons (Fsp3) is 0.579. The molecule has 6 nitrogen and oxygen atoms in total. The maximum absolute atomic E-state index is 13.1. The van der Waals surface area contributed by atoms with Crippen molar-refractivity contribution in [2.45, 2.75) is 26.4 Å². The van der Waals surface area contributed by atoms with Gasteiger partial charge >= 0.3 is 5.97 Å². The summed E-state index contributed by atoms with van der Waals surface area (Å²) in [5.74, 6) is -0.761. The third kappa shape index (κ3) is 3.53. The van der Waals surface area contributed by atoms with E-state index in [1.165, 1.54) is 0 Å². The van der Waals surface area contributed by atoms with Crippen LogP contribution in [0.4, 0.5) is 0 Å². The van der Waals surface area contributed by atoms with Crippen molar-refractivity contribution in [3.05, 3.63) is 29.3 Å². The van der Waals surface area contributed by atoms with E-state index in [1.807, 2.05) is 13.8 Å². The second-order valence-corrected chi connectivity index (χ2v) is 7.88. The maximum atomic E-state index is 13.1. The zero-order chi connectivity index (χ0) is 18.9. The molecule has 2 heterocycles. The first kappa shape index (κ1) is 19.0. The summed E-state index contributed by atoms with van der Waals surface area (Å²) in [6.45, 7) is 5.19. The quantitative estimate of drug-likeness (QED) is 0.848. The van der Waals surface area contributed by atoms with Gasteiger partial charge in [0.15, 0.2) is 6.10 Å². The van der Waals surface area contributed by atoms with E-state index in [2.05, 4.69) is 0 Å². The Balaban J connectivity index is 1.78. The molecule has 2 saturated heterocycles. The predicted molar refractivity (Wildman–Crippen MR) is 96.3 cm³/mol. The van der Waals surface area contributed by atoms with Gasteiger partial charge in [-0.15, -0.1) is 0 Å². The van der Waals surface area contributed by atoms with Crippen LogP contribution in [0.5, 0.6) is 5.75 Å². The molecule has 26 heavy (non-hydrogen) atoms. The van der Waals surface area contributed by atoms with Crippen LogP contribution in [-0.2, 0) is 14.3 Å². The van der Waals surface area contributed by atoms with E-state index in [9.17, 15) is 14.7 Å². The van der Waals surface area contributed by atoms with Gasteiger partial charge in [-0.1, -0.05) is 31.5 Å². The smallest absolute Gasteiger partial charge is 0.311 e. The third-order valence-electron chi connectivity index (χ3n) is 5.35. The van der Waals surface area contributed by atoms with Gasteiger partial charge in [0.1, 0.15) is 5.75 Å². The lowest BCUT2D eigenvalue weighted by Gasteiger charge is -2.34. The minimum absolute atomic E-state index is 0.0684. The number of fused-ring (bicyclic) bond motifs is 1. The molecule has 1 amide bonds. The molecule has 2 aliphatic rings. The lowest BCUT2D eigenvalue weighted by molar-refractivity contribution is -0.157. The monoisotopic (exact) mass is 381 g/mol. The third-order valence-corrected chi connectivity index (χ3v) is 5.59. The van der Waals surface area contributed by atoms with Crippen molar-refractivity contribution in [2.75, 3.05) is 26.3 Å². The van der Waals surface area contributed by atoms with Crippen LogP contribution in [0.25, 0.3) is 0 Å². The Labute approximate surface area is 158 Å². The second kappa shape index (κ2) is 7.45. The fourth-order valence-corrected chi connectivity index (χ4v) is 3.99. The summed E-state index contributed by atoms with van der Waals surface area (Å²) in [5.41, 5.74) is -0.911. The van der Waals surface area contributed by atoms with E-state index in [0.29, 0.717) is 37.0 Å². The number of carboxylic acids is 1. The molecule has 3 rings (SSSR count). The van der Waals surface area contributed by atoms with Crippen LogP contribution in [0.2, 0.25) is 5.02 Å². The zero-order valence-corrected chi connectivity index (χ0v) is 15.7. The van der Waals surface area contributed by atoms with Gasteiger partial charge in [-0.25, -0.2) is 0 Å². The lowest BCUT2D eigenvalue weighted by Crippen LogP contribution is -2.46. The summed E-state index contributed by atoms with van der Waals surface area (Å²) in [5, 5.41) is 10.3. The summed E-state index contributed by atoms with van der Waals surface area (Å²) < 4.78 is 11.4. The summed E-state index contributed by atoms with van der Waals surface area (Å²) in [6, 6.07) is 6.93. The first-order chi connectivity index (χ1) is 12.3. The van der Waals surface area contributed by atoms with Crippen molar-refractivity contribution in [1.82, 2.24) is 4.90 Å². The molecule has 1 aromatic rings. The van der Waals surface area contributed by atoms with Gasteiger partial charge in [-0.2, -0.15) is 0 Å². The minimum atomic E-state index is -0.911. The molecule has 7 heteroatoms. The van der Waals surface area contributed by atoms with Gasteiger partial charge in [0.25, 0.3) is 5.91 Å². The average Bonchev–Trinajstić information content (AvgIpc) is 3.00. The van der Waals surface area contributed by atoms with Crippen molar-refractivity contribution in [3.63, 3.8) is 0 Å². The number of nitrogens with zero attached hydrogens (tertiary/aromatic N) is 1. The number of amides is 1. The number of likely N-dealkylation sites (tertiary alicyclic amines) is 1. The number of carbonyl (C=O) groups is 2. The van der Waals surface area contributed by atoms with E-state index in [4.69, 9.17) is 21.1 Å².